The Morgan fingerprint density at radius 3 is 2.85 bits per heavy atom. The van der Waals surface area contributed by atoms with E-state index in [1.54, 1.807) is 30.5 Å². The third kappa shape index (κ3) is 1.95. The highest BCUT2D eigenvalue weighted by Gasteiger charge is 2.30. The van der Waals surface area contributed by atoms with Crippen molar-refractivity contribution in [2.75, 3.05) is 17.3 Å². The minimum absolute atomic E-state index is 0.0768. The molecule has 0 radical (unpaired) electrons. The van der Waals surface area contributed by atoms with Crippen LogP contribution in [-0.2, 0) is 11.3 Å². The molecule has 1 N–H and O–H groups in total. The Morgan fingerprint density at radius 1 is 1.35 bits per heavy atom. The zero-order valence-electron chi connectivity index (χ0n) is 10.6. The second-order valence-electron chi connectivity index (χ2n) is 4.62. The summed E-state index contributed by atoms with van der Waals surface area (Å²) in [5.74, 6) is -1.98. The van der Waals surface area contributed by atoms with E-state index in [0.29, 0.717) is 17.9 Å². The number of anilines is 2. The molecule has 1 aliphatic rings. The van der Waals surface area contributed by atoms with E-state index < -0.39 is 17.5 Å². The molecule has 0 fully saturated rings. The second-order valence-corrected chi connectivity index (χ2v) is 4.62. The van der Waals surface area contributed by atoms with Crippen molar-refractivity contribution in [1.82, 2.24) is 0 Å². The van der Waals surface area contributed by atoms with Gasteiger partial charge in [-0.05, 0) is 18.2 Å². The van der Waals surface area contributed by atoms with Gasteiger partial charge in [0.25, 0.3) is 11.7 Å². The number of furan rings is 1. The Hall–Kier alpha value is -2.63. The monoisotopic (exact) mass is 274 g/mol. The molecule has 0 unspecified atom stereocenters. The Bertz CT molecular complexity index is 695. The number of carbonyl (C=O) groups is 2. The predicted octanol–water partition coefficient (Wildman–Crippen LogP) is 2.19. The summed E-state index contributed by atoms with van der Waals surface area (Å²) in [5, 5.41) is 2.43. The summed E-state index contributed by atoms with van der Waals surface area (Å²) in [6.45, 7) is 0.452. The van der Waals surface area contributed by atoms with Crippen molar-refractivity contribution in [2.45, 2.75) is 6.54 Å². The number of halogens is 1. The van der Waals surface area contributed by atoms with E-state index in [9.17, 15) is 14.0 Å². The van der Waals surface area contributed by atoms with Gasteiger partial charge in [-0.2, -0.15) is 0 Å². The van der Waals surface area contributed by atoms with Crippen molar-refractivity contribution >= 4 is 23.1 Å². The van der Waals surface area contributed by atoms with Crippen molar-refractivity contribution in [2.24, 2.45) is 0 Å². The minimum atomic E-state index is -0.728. The molecule has 102 valence electrons. The molecule has 0 bridgehead atoms. The van der Waals surface area contributed by atoms with Gasteiger partial charge in [0.15, 0.2) is 0 Å². The lowest BCUT2D eigenvalue weighted by molar-refractivity contribution is -0.112. The van der Waals surface area contributed by atoms with E-state index in [2.05, 4.69) is 5.32 Å². The number of hydrogen-bond donors (Lipinski definition) is 1. The molecular formula is C14H11FN2O3. The molecule has 2 heterocycles. The predicted molar refractivity (Wildman–Crippen MR) is 70.2 cm³/mol. The van der Waals surface area contributed by atoms with E-state index in [0.717, 1.165) is 11.6 Å². The standard InChI is InChI=1S/C14H11FN2O3/c1-17(6-8-2-3-20-7-8)12-5-11-9(4-10(12)15)13(18)14(19)16-11/h2-5,7H,6H2,1H3,(H,16,18,19). The summed E-state index contributed by atoms with van der Waals surface area (Å²) >= 11 is 0. The number of carbonyl (C=O) groups excluding carboxylic acids is 2. The number of rotatable bonds is 3. The molecule has 1 aliphatic heterocycles. The van der Waals surface area contributed by atoms with Gasteiger partial charge >= 0.3 is 0 Å². The Kier molecular flexibility index (Phi) is 2.78. The van der Waals surface area contributed by atoms with Crippen LogP contribution in [0.25, 0.3) is 0 Å². The van der Waals surface area contributed by atoms with Gasteiger partial charge in [0.2, 0.25) is 0 Å². The third-order valence-electron chi connectivity index (χ3n) is 3.20. The third-order valence-corrected chi connectivity index (χ3v) is 3.20. The van der Waals surface area contributed by atoms with Crippen molar-refractivity contribution in [3.05, 3.63) is 47.7 Å². The maximum atomic E-state index is 14.1. The summed E-state index contributed by atoms with van der Waals surface area (Å²) in [4.78, 5) is 24.4. The van der Waals surface area contributed by atoms with Gasteiger partial charge < -0.3 is 14.6 Å². The number of Topliss-reactive ketones (excluding diaryl/α,β-unsaturated/α-hetero) is 1. The van der Waals surface area contributed by atoms with Crippen molar-refractivity contribution in [1.29, 1.82) is 0 Å². The number of amides is 1. The van der Waals surface area contributed by atoms with Crippen LogP contribution in [0.3, 0.4) is 0 Å². The van der Waals surface area contributed by atoms with Crippen LogP contribution in [0.2, 0.25) is 0 Å². The second kappa shape index (κ2) is 4.48. The minimum Gasteiger partial charge on any atom is -0.472 e. The molecule has 3 rings (SSSR count). The average Bonchev–Trinajstić information content (AvgIpc) is 3.00. The highest BCUT2D eigenvalue weighted by Crippen LogP contribution is 2.31. The highest BCUT2D eigenvalue weighted by molar-refractivity contribution is 6.51. The quantitative estimate of drug-likeness (QED) is 0.871. The number of benzene rings is 1. The Balaban J connectivity index is 1.93. The molecule has 1 aromatic carbocycles. The molecule has 5 nitrogen and oxygen atoms in total. The highest BCUT2D eigenvalue weighted by atomic mass is 19.1. The van der Waals surface area contributed by atoms with Crippen LogP contribution in [0.5, 0.6) is 0 Å². The van der Waals surface area contributed by atoms with Crippen LogP contribution in [0.4, 0.5) is 15.8 Å². The van der Waals surface area contributed by atoms with Crippen molar-refractivity contribution < 1.29 is 18.4 Å². The fourth-order valence-corrected chi connectivity index (χ4v) is 2.19. The smallest absolute Gasteiger partial charge is 0.296 e. The zero-order valence-corrected chi connectivity index (χ0v) is 10.6. The topological polar surface area (TPSA) is 62.6 Å². The van der Waals surface area contributed by atoms with Gasteiger partial charge in [0, 0.05) is 19.2 Å². The van der Waals surface area contributed by atoms with Gasteiger partial charge in [-0.25, -0.2) is 4.39 Å². The molecule has 20 heavy (non-hydrogen) atoms. The maximum Gasteiger partial charge on any atom is 0.296 e. The molecule has 6 heteroatoms. The molecule has 0 atom stereocenters. The Morgan fingerprint density at radius 2 is 2.15 bits per heavy atom. The van der Waals surface area contributed by atoms with E-state index in [1.165, 1.54) is 6.07 Å². The zero-order chi connectivity index (χ0) is 14.3. The number of hydrogen-bond acceptors (Lipinski definition) is 4. The summed E-state index contributed by atoms with van der Waals surface area (Å²) in [6.07, 6.45) is 3.12. The molecule has 1 aromatic heterocycles. The molecule has 1 amide bonds. The summed E-state index contributed by atoms with van der Waals surface area (Å²) < 4.78 is 19.0. The summed E-state index contributed by atoms with van der Waals surface area (Å²) in [6, 6.07) is 4.34. The van der Waals surface area contributed by atoms with E-state index in [-0.39, 0.29) is 5.56 Å². The van der Waals surface area contributed by atoms with Crippen LogP contribution >= 0.6 is 0 Å². The molecule has 0 saturated heterocycles. The van der Waals surface area contributed by atoms with E-state index in [1.807, 2.05) is 0 Å². The first kappa shape index (κ1) is 12.4. The van der Waals surface area contributed by atoms with Crippen LogP contribution in [0, 0.1) is 5.82 Å². The number of ketones is 1. The molecule has 0 saturated carbocycles. The van der Waals surface area contributed by atoms with Gasteiger partial charge in [-0.1, -0.05) is 0 Å². The van der Waals surface area contributed by atoms with Crippen LogP contribution in [-0.4, -0.2) is 18.7 Å². The van der Waals surface area contributed by atoms with E-state index in [4.69, 9.17) is 4.42 Å². The molecule has 2 aromatic rings. The SMILES string of the molecule is CN(Cc1ccoc1)c1cc2c(cc1F)C(=O)C(=O)N2. The maximum absolute atomic E-state index is 14.1. The lowest BCUT2D eigenvalue weighted by Crippen LogP contribution is -2.17. The lowest BCUT2D eigenvalue weighted by Gasteiger charge is -2.19. The van der Waals surface area contributed by atoms with E-state index >= 15 is 0 Å². The number of nitrogens with zero attached hydrogens (tertiary/aromatic N) is 1. The molecule has 0 aliphatic carbocycles. The fourth-order valence-electron chi connectivity index (χ4n) is 2.19. The van der Waals surface area contributed by atoms with Gasteiger partial charge in [0.1, 0.15) is 5.82 Å². The fraction of sp³-hybridized carbons (Fsp3) is 0.143. The van der Waals surface area contributed by atoms with Crippen LogP contribution < -0.4 is 10.2 Å². The lowest BCUT2D eigenvalue weighted by atomic mass is 10.1. The first-order valence-corrected chi connectivity index (χ1v) is 5.97. The van der Waals surface area contributed by atoms with Crippen molar-refractivity contribution in [3.63, 3.8) is 0 Å². The number of nitrogens with one attached hydrogen (secondary N) is 1. The first-order chi connectivity index (χ1) is 9.56. The Labute approximate surface area is 114 Å². The average molecular weight is 274 g/mol. The van der Waals surface area contributed by atoms with Crippen molar-refractivity contribution in [3.8, 4) is 0 Å². The number of fused-ring (bicyclic) bond motifs is 1. The normalized spacial score (nSPS) is 13.3. The molecule has 0 spiro atoms. The summed E-state index contributed by atoms with van der Waals surface area (Å²) in [5.41, 5.74) is 1.62. The largest absolute Gasteiger partial charge is 0.472 e. The first-order valence-electron chi connectivity index (χ1n) is 5.97. The van der Waals surface area contributed by atoms with Gasteiger partial charge in [-0.15, -0.1) is 0 Å². The van der Waals surface area contributed by atoms with Gasteiger partial charge in [-0.3, -0.25) is 9.59 Å². The van der Waals surface area contributed by atoms with Crippen LogP contribution in [0.15, 0.2) is 35.1 Å². The molecular weight excluding hydrogens is 263 g/mol. The summed E-state index contributed by atoms with van der Waals surface area (Å²) in [7, 11) is 1.72. The van der Waals surface area contributed by atoms with Gasteiger partial charge in [0.05, 0.1) is 29.5 Å². The van der Waals surface area contributed by atoms with Crippen LogP contribution in [0.1, 0.15) is 15.9 Å².